The Balaban J connectivity index is 1.57. The van der Waals surface area contributed by atoms with Gasteiger partial charge in [-0.25, -0.2) is 9.79 Å². The van der Waals surface area contributed by atoms with E-state index in [2.05, 4.69) is 5.32 Å². The summed E-state index contributed by atoms with van der Waals surface area (Å²) in [4.78, 5) is 48.3. The van der Waals surface area contributed by atoms with Crippen LogP contribution in [0.15, 0.2) is 86.6 Å². The smallest absolute Gasteiger partial charge is 0.337 e. The zero-order chi connectivity index (χ0) is 28.4. The van der Waals surface area contributed by atoms with E-state index in [1.54, 1.807) is 53.1 Å². The highest BCUT2D eigenvalue weighted by Crippen LogP contribution is 2.50. The number of carbonyl (C=O) groups excluding carboxylic acids is 3. The molecule has 8 nitrogen and oxygen atoms in total. The van der Waals surface area contributed by atoms with Gasteiger partial charge in [0.25, 0.3) is 5.91 Å². The number of fused-ring (bicyclic) bond motifs is 1. The van der Waals surface area contributed by atoms with Gasteiger partial charge in [-0.3, -0.25) is 14.5 Å². The third-order valence-corrected chi connectivity index (χ3v) is 8.93. The molecule has 0 saturated carbocycles. The lowest BCUT2D eigenvalue weighted by Gasteiger charge is -2.17. The molecular weight excluding hydrogens is 544 g/mol. The standard InChI is InChI=1S/C30H28N4O4S2/c1-5-31-22-15-14-21(18(2)35)16-23(22)32-30-34(17-19-10-12-20(13-11-19)29(37)38-4)27(36)26(40-30)28-33(3)24-8-6-7-9-25(24)39-28/h6-16,31H,5,17H2,1-4H3/b28-26+,32-30?. The second kappa shape index (κ2) is 11.6. The normalized spacial score (nSPS) is 17.4. The van der Waals surface area contributed by atoms with E-state index in [0.29, 0.717) is 33.4 Å². The molecule has 40 heavy (non-hydrogen) atoms. The Kier molecular flexibility index (Phi) is 7.99. The molecule has 1 N–H and O–H groups in total. The molecule has 1 amide bonds. The number of anilines is 2. The maximum atomic E-state index is 14.0. The topological polar surface area (TPSA) is 91.3 Å². The van der Waals surface area contributed by atoms with Crippen molar-refractivity contribution in [3.63, 3.8) is 0 Å². The van der Waals surface area contributed by atoms with E-state index in [4.69, 9.17) is 9.73 Å². The van der Waals surface area contributed by atoms with Gasteiger partial charge in [-0.2, -0.15) is 0 Å². The summed E-state index contributed by atoms with van der Waals surface area (Å²) in [5, 5.41) is 4.65. The van der Waals surface area contributed by atoms with Crippen LogP contribution in [-0.4, -0.2) is 48.4 Å². The number of esters is 1. The Bertz CT molecular complexity index is 1570. The van der Waals surface area contributed by atoms with Crippen molar-refractivity contribution in [3.8, 4) is 0 Å². The van der Waals surface area contributed by atoms with Gasteiger partial charge in [0.2, 0.25) is 0 Å². The highest BCUT2D eigenvalue weighted by molar-refractivity contribution is 8.19. The number of hydrogen-bond donors (Lipinski definition) is 1. The zero-order valence-corrected chi connectivity index (χ0v) is 24.2. The number of methoxy groups -OCH3 is 1. The molecule has 1 fully saturated rings. The van der Waals surface area contributed by atoms with E-state index in [9.17, 15) is 14.4 Å². The van der Waals surface area contributed by atoms with Crippen LogP contribution in [0, 0.1) is 0 Å². The van der Waals surface area contributed by atoms with Crippen LogP contribution in [0.2, 0.25) is 0 Å². The molecule has 2 aliphatic rings. The molecule has 204 valence electrons. The third kappa shape index (κ3) is 5.37. The van der Waals surface area contributed by atoms with Crippen molar-refractivity contribution in [2.45, 2.75) is 25.3 Å². The molecule has 0 aromatic heterocycles. The predicted octanol–water partition coefficient (Wildman–Crippen LogP) is 6.28. The molecule has 10 heteroatoms. The summed E-state index contributed by atoms with van der Waals surface area (Å²) in [5.74, 6) is -0.641. The number of rotatable bonds is 7. The van der Waals surface area contributed by atoms with Gasteiger partial charge in [-0.1, -0.05) is 36.0 Å². The minimum atomic E-state index is -0.421. The molecule has 0 bridgehead atoms. The number of amides is 1. The summed E-state index contributed by atoms with van der Waals surface area (Å²) in [7, 11) is 3.30. The molecule has 2 heterocycles. The van der Waals surface area contributed by atoms with E-state index in [1.165, 1.54) is 25.8 Å². The summed E-state index contributed by atoms with van der Waals surface area (Å²) in [5.41, 5.74) is 4.21. The first kappa shape index (κ1) is 27.5. The number of ether oxygens (including phenoxy) is 1. The number of thioether (sulfide) groups is 2. The maximum absolute atomic E-state index is 14.0. The first-order valence-corrected chi connectivity index (χ1v) is 14.3. The average Bonchev–Trinajstić information content (AvgIpc) is 3.45. The van der Waals surface area contributed by atoms with Gasteiger partial charge in [-0.15, -0.1) is 0 Å². The van der Waals surface area contributed by atoms with Crippen LogP contribution in [-0.2, 0) is 16.1 Å². The number of nitrogens with one attached hydrogen (secondary N) is 1. The van der Waals surface area contributed by atoms with Crippen LogP contribution in [0.5, 0.6) is 0 Å². The summed E-state index contributed by atoms with van der Waals surface area (Å²) < 4.78 is 4.81. The molecular formula is C30H28N4O4S2. The monoisotopic (exact) mass is 572 g/mol. The van der Waals surface area contributed by atoms with Crippen molar-refractivity contribution in [2.24, 2.45) is 4.99 Å². The van der Waals surface area contributed by atoms with Crippen molar-refractivity contribution in [3.05, 3.63) is 93.4 Å². The number of Topliss-reactive ketones (excluding diaryl/α,β-unsaturated/α-hetero) is 1. The Labute approximate surface area is 241 Å². The van der Waals surface area contributed by atoms with E-state index < -0.39 is 5.97 Å². The fourth-order valence-corrected chi connectivity index (χ4v) is 6.73. The number of para-hydroxylation sites is 1. The van der Waals surface area contributed by atoms with Gasteiger partial charge >= 0.3 is 5.97 Å². The van der Waals surface area contributed by atoms with Crippen molar-refractivity contribution in [1.82, 2.24) is 4.90 Å². The van der Waals surface area contributed by atoms with Gasteiger partial charge in [0.05, 0.1) is 41.3 Å². The van der Waals surface area contributed by atoms with Crippen molar-refractivity contribution in [2.75, 3.05) is 30.9 Å². The number of ketones is 1. The highest BCUT2D eigenvalue weighted by atomic mass is 32.2. The van der Waals surface area contributed by atoms with Crippen LogP contribution >= 0.6 is 23.5 Å². The van der Waals surface area contributed by atoms with E-state index >= 15 is 0 Å². The second-order valence-electron chi connectivity index (χ2n) is 9.16. The van der Waals surface area contributed by atoms with Gasteiger partial charge in [0.15, 0.2) is 11.0 Å². The van der Waals surface area contributed by atoms with Gasteiger partial charge in [-0.05, 0) is 73.6 Å². The van der Waals surface area contributed by atoms with E-state index in [0.717, 1.165) is 26.9 Å². The number of benzene rings is 3. The quantitative estimate of drug-likeness (QED) is 0.201. The summed E-state index contributed by atoms with van der Waals surface area (Å²) in [6.45, 7) is 4.44. The maximum Gasteiger partial charge on any atom is 0.337 e. The molecule has 2 aliphatic heterocycles. The molecule has 0 radical (unpaired) electrons. The van der Waals surface area contributed by atoms with Crippen LogP contribution in [0.3, 0.4) is 0 Å². The fraction of sp³-hybridized carbons (Fsp3) is 0.200. The molecule has 0 atom stereocenters. The average molecular weight is 573 g/mol. The Morgan fingerprint density at radius 3 is 2.40 bits per heavy atom. The SMILES string of the molecule is CCNc1ccc(C(C)=O)cc1N=C1S/C(=C2/Sc3ccccc3N2C)C(=O)N1Cc1ccc(C(=O)OC)cc1. The minimum absolute atomic E-state index is 0.0632. The van der Waals surface area contributed by atoms with Crippen LogP contribution < -0.4 is 10.2 Å². The van der Waals surface area contributed by atoms with E-state index in [-0.39, 0.29) is 18.2 Å². The molecule has 3 aromatic carbocycles. The highest BCUT2D eigenvalue weighted by Gasteiger charge is 2.39. The van der Waals surface area contributed by atoms with Crippen molar-refractivity contribution in [1.29, 1.82) is 0 Å². The Morgan fingerprint density at radius 2 is 1.73 bits per heavy atom. The van der Waals surface area contributed by atoms with Gasteiger partial charge in [0, 0.05) is 24.1 Å². The fourth-order valence-electron chi connectivity index (χ4n) is 4.39. The predicted molar refractivity (Wildman–Crippen MR) is 161 cm³/mol. The lowest BCUT2D eigenvalue weighted by atomic mass is 10.1. The molecule has 0 unspecified atom stereocenters. The Hall–Kier alpha value is -4.02. The molecule has 1 saturated heterocycles. The molecule has 5 rings (SSSR count). The molecule has 0 spiro atoms. The molecule has 3 aromatic rings. The lowest BCUT2D eigenvalue weighted by Crippen LogP contribution is -2.29. The van der Waals surface area contributed by atoms with Gasteiger partial charge in [0.1, 0.15) is 4.91 Å². The van der Waals surface area contributed by atoms with Gasteiger partial charge < -0.3 is 15.0 Å². The van der Waals surface area contributed by atoms with Crippen LogP contribution in [0.4, 0.5) is 17.1 Å². The van der Waals surface area contributed by atoms with Crippen molar-refractivity contribution < 1.29 is 19.1 Å². The van der Waals surface area contributed by atoms with Crippen molar-refractivity contribution >= 4 is 63.4 Å². The minimum Gasteiger partial charge on any atom is -0.465 e. The number of hydrogen-bond acceptors (Lipinski definition) is 9. The van der Waals surface area contributed by atoms with Crippen LogP contribution in [0.1, 0.15) is 40.1 Å². The van der Waals surface area contributed by atoms with Crippen LogP contribution in [0.25, 0.3) is 0 Å². The number of aliphatic imine (C=N–C) groups is 1. The number of nitrogens with zero attached hydrogens (tertiary/aromatic N) is 3. The summed E-state index contributed by atoms with van der Waals surface area (Å²) in [6.07, 6.45) is 0. The number of carbonyl (C=O) groups is 3. The number of amidine groups is 1. The lowest BCUT2D eigenvalue weighted by molar-refractivity contribution is -0.122. The summed E-state index contributed by atoms with van der Waals surface area (Å²) in [6, 6.07) is 20.4. The first-order valence-electron chi connectivity index (χ1n) is 12.7. The third-order valence-electron chi connectivity index (χ3n) is 6.50. The Morgan fingerprint density at radius 1 is 1.00 bits per heavy atom. The molecule has 0 aliphatic carbocycles. The first-order chi connectivity index (χ1) is 19.3. The zero-order valence-electron chi connectivity index (χ0n) is 22.6. The van der Waals surface area contributed by atoms with E-state index in [1.807, 2.05) is 49.2 Å². The largest absolute Gasteiger partial charge is 0.465 e. The second-order valence-corrected chi connectivity index (χ2v) is 11.2. The summed E-state index contributed by atoms with van der Waals surface area (Å²) >= 11 is 2.88.